The van der Waals surface area contributed by atoms with Gasteiger partial charge in [-0.15, -0.1) is 0 Å². The molecule has 0 spiro atoms. The van der Waals surface area contributed by atoms with Crippen LogP contribution >= 0.6 is 0 Å². The summed E-state index contributed by atoms with van der Waals surface area (Å²) in [6.07, 6.45) is 1.41. The van der Waals surface area contributed by atoms with E-state index in [-0.39, 0.29) is 5.91 Å². The van der Waals surface area contributed by atoms with Crippen molar-refractivity contribution in [1.82, 2.24) is 5.32 Å². The van der Waals surface area contributed by atoms with Gasteiger partial charge in [-0.1, -0.05) is 13.3 Å². The second-order valence-corrected chi connectivity index (χ2v) is 4.31. The normalized spacial score (nSPS) is 11.7. The molecule has 0 fully saturated rings. The fourth-order valence-electron chi connectivity index (χ4n) is 1.52. The Morgan fingerprint density at radius 2 is 2.21 bits per heavy atom. The summed E-state index contributed by atoms with van der Waals surface area (Å²) < 4.78 is 10.7. The van der Waals surface area contributed by atoms with Gasteiger partial charge in [0.15, 0.2) is 6.10 Å². The van der Waals surface area contributed by atoms with Crippen molar-refractivity contribution in [3.8, 4) is 11.5 Å². The lowest BCUT2D eigenvalue weighted by Crippen LogP contribution is -2.36. The standard InChI is InChI=1S/C14H22N2O3/c1-4-5-8-16-14(17)10(2)19-13-9-11(18-3)6-7-12(13)15/h6-7,9-10H,4-5,8,15H2,1-3H3,(H,16,17). The molecule has 0 radical (unpaired) electrons. The van der Waals surface area contributed by atoms with Crippen molar-refractivity contribution in [2.75, 3.05) is 19.4 Å². The molecular weight excluding hydrogens is 244 g/mol. The fraction of sp³-hybridized carbons (Fsp3) is 0.500. The molecule has 0 saturated carbocycles. The number of nitrogens with two attached hydrogens (primary N) is 1. The topological polar surface area (TPSA) is 73.6 Å². The second kappa shape index (κ2) is 7.51. The Morgan fingerprint density at radius 3 is 2.84 bits per heavy atom. The molecule has 1 unspecified atom stereocenters. The number of rotatable bonds is 7. The summed E-state index contributed by atoms with van der Waals surface area (Å²) >= 11 is 0. The van der Waals surface area contributed by atoms with Crippen LogP contribution in [0.4, 0.5) is 5.69 Å². The molecule has 1 rings (SSSR count). The van der Waals surface area contributed by atoms with Crippen LogP contribution in [0.1, 0.15) is 26.7 Å². The van der Waals surface area contributed by atoms with Crippen molar-refractivity contribution in [3.63, 3.8) is 0 Å². The first-order chi connectivity index (χ1) is 9.08. The zero-order valence-electron chi connectivity index (χ0n) is 11.7. The number of hydrogen-bond acceptors (Lipinski definition) is 4. The third-order valence-electron chi connectivity index (χ3n) is 2.72. The number of unbranched alkanes of at least 4 members (excludes halogenated alkanes) is 1. The molecule has 0 heterocycles. The summed E-state index contributed by atoms with van der Waals surface area (Å²) in [6, 6.07) is 5.11. The number of benzene rings is 1. The van der Waals surface area contributed by atoms with E-state index in [0.29, 0.717) is 23.7 Å². The molecule has 3 N–H and O–H groups in total. The van der Waals surface area contributed by atoms with E-state index in [4.69, 9.17) is 15.2 Å². The number of nitrogen functional groups attached to an aromatic ring is 1. The lowest BCUT2D eigenvalue weighted by atomic mass is 10.2. The molecule has 0 aliphatic heterocycles. The highest BCUT2D eigenvalue weighted by atomic mass is 16.5. The van der Waals surface area contributed by atoms with Crippen LogP contribution in [0.25, 0.3) is 0 Å². The number of ether oxygens (including phenoxy) is 2. The molecule has 0 aliphatic carbocycles. The van der Waals surface area contributed by atoms with Crippen LogP contribution in [0, 0.1) is 0 Å². The highest BCUT2D eigenvalue weighted by molar-refractivity contribution is 5.80. The third kappa shape index (κ3) is 4.69. The van der Waals surface area contributed by atoms with Gasteiger partial charge in [0.1, 0.15) is 11.5 Å². The predicted octanol–water partition coefficient (Wildman–Crippen LogP) is 1.96. The Bertz CT molecular complexity index is 421. The monoisotopic (exact) mass is 266 g/mol. The van der Waals surface area contributed by atoms with E-state index in [1.807, 2.05) is 0 Å². The minimum atomic E-state index is -0.591. The Kier molecular flexibility index (Phi) is 5.99. The maximum atomic E-state index is 11.8. The molecular formula is C14H22N2O3. The maximum absolute atomic E-state index is 11.8. The van der Waals surface area contributed by atoms with Gasteiger partial charge >= 0.3 is 0 Å². The van der Waals surface area contributed by atoms with E-state index in [9.17, 15) is 4.79 Å². The predicted molar refractivity (Wildman–Crippen MR) is 75.4 cm³/mol. The molecule has 0 saturated heterocycles. The summed E-state index contributed by atoms with van der Waals surface area (Å²) in [6.45, 7) is 4.43. The Hall–Kier alpha value is -1.91. The molecule has 5 nitrogen and oxygen atoms in total. The van der Waals surface area contributed by atoms with Gasteiger partial charge in [0, 0.05) is 12.6 Å². The quantitative estimate of drug-likeness (QED) is 0.584. The van der Waals surface area contributed by atoms with Crippen molar-refractivity contribution in [1.29, 1.82) is 0 Å². The average Bonchev–Trinajstić information content (AvgIpc) is 2.41. The van der Waals surface area contributed by atoms with E-state index in [0.717, 1.165) is 12.8 Å². The van der Waals surface area contributed by atoms with Gasteiger partial charge in [-0.25, -0.2) is 0 Å². The molecule has 19 heavy (non-hydrogen) atoms. The fourth-order valence-corrected chi connectivity index (χ4v) is 1.52. The average molecular weight is 266 g/mol. The number of methoxy groups -OCH3 is 1. The van der Waals surface area contributed by atoms with Gasteiger partial charge in [-0.05, 0) is 25.5 Å². The first-order valence-corrected chi connectivity index (χ1v) is 6.46. The number of carbonyl (C=O) groups is 1. The zero-order chi connectivity index (χ0) is 14.3. The molecule has 1 amide bonds. The number of nitrogens with one attached hydrogen (secondary N) is 1. The van der Waals surface area contributed by atoms with Crippen molar-refractivity contribution in [2.45, 2.75) is 32.8 Å². The van der Waals surface area contributed by atoms with Gasteiger partial charge in [0.05, 0.1) is 12.8 Å². The summed E-state index contributed by atoms with van der Waals surface area (Å²) in [5, 5.41) is 2.82. The molecule has 5 heteroatoms. The minimum absolute atomic E-state index is 0.143. The first-order valence-electron chi connectivity index (χ1n) is 6.46. The second-order valence-electron chi connectivity index (χ2n) is 4.31. The van der Waals surface area contributed by atoms with Crippen LogP contribution in [0.15, 0.2) is 18.2 Å². The van der Waals surface area contributed by atoms with E-state index in [1.54, 1.807) is 32.2 Å². The van der Waals surface area contributed by atoms with Crippen LogP contribution in [0.5, 0.6) is 11.5 Å². The van der Waals surface area contributed by atoms with Crippen LogP contribution in [0.3, 0.4) is 0 Å². The van der Waals surface area contributed by atoms with Gasteiger partial charge < -0.3 is 20.5 Å². The highest BCUT2D eigenvalue weighted by Gasteiger charge is 2.15. The van der Waals surface area contributed by atoms with E-state index < -0.39 is 6.10 Å². The molecule has 0 aromatic heterocycles. The van der Waals surface area contributed by atoms with Crippen LogP contribution < -0.4 is 20.5 Å². The third-order valence-corrected chi connectivity index (χ3v) is 2.72. The summed E-state index contributed by atoms with van der Waals surface area (Å²) in [7, 11) is 1.57. The number of hydrogen-bond donors (Lipinski definition) is 2. The lowest BCUT2D eigenvalue weighted by molar-refractivity contribution is -0.127. The first kappa shape index (κ1) is 15.1. The summed E-state index contributed by atoms with van der Waals surface area (Å²) in [5.74, 6) is 0.955. The van der Waals surface area contributed by atoms with Crippen LogP contribution in [0.2, 0.25) is 0 Å². The summed E-state index contributed by atoms with van der Waals surface area (Å²) in [5.41, 5.74) is 6.28. The molecule has 1 aromatic carbocycles. The maximum Gasteiger partial charge on any atom is 0.260 e. The minimum Gasteiger partial charge on any atom is -0.497 e. The van der Waals surface area contributed by atoms with Crippen molar-refractivity contribution in [2.24, 2.45) is 0 Å². The molecule has 0 aliphatic rings. The smallest absolute Gasteiger partial charge is 0.260 e. The van der Waals surface area contributed by atoms with E-state index in [2.05, 4.69) is 12.2 Å². The lowest BCUT2D eigenvalue weighted by Gasteiger charge is -2.16. The molecule has 0 bridgehead atoms. The van der Waals surface area contributed by atoms with Crippen molar-refractivity contribution in [3.05, 3.63) is 18.2 Å². The van der Waals surface area contributed by atoms with Crippen molar-refractivity contribution < 1.29 is 14.3 Å². The van der Waals surface area contributed by atoms with Crippen molar-refractivity contribution >= 4 is 11.6 Å². The van der Waals surface area contributed by atoms with Gasteiger partial charge in [-0.2, -0.15) is 0 Å². The molecule has 1 aromatic rings. The number of anilines is 1. The zero-order valence-corrected chi connectivity index (χ0v) is 11.7. The Balaban J connectivity index is 2.60. The Labute approximate surface area is 114 Å². The van der Waals surface area contributed by atoms with Gasteiger partial charge in [0.2, 0.25) is 0 Å². The largest absolute Gasteiger partial charge is 0.497 e. The van der Waals surface area contributed by atoms with E-state index in [1.165, 1.54) is 0 Å². The highest BCUT2D eigenvalue weighted by Crippen LogP contribution is 2.27. The van der Waals surface area contributed by atoms with Gasteiger partial charge in [-0.3, -0.25) is 4.79 Å². The van der Waals surface area contributed by atoms with E-state index >= 15 is 0 Å². The number of carbonyl (C=O) groups excluding carboxylic acids is 1. The SMILES string of the molecule is CCCCNC(=O)C(C)Oc1cc(OC)ccc1N. The Morgan fingerprint density at radius 1 is 1.47 bits per heavy atom. The molecule has 106 valence electrons. The number of amides is 1. The summed E-state index contributed by atoms with van der Waals surface area (Å²) in [4.78, 5) is 11.8. The van der Waals surface area contributed by atoms with Crippen LogP contribution in [-0.2, 0) is 4.79 Å². The molecule has 1 atom stereocenters. The van der Waals surface area contributed by atoms with Crippen LogP contribution in [-0.4, -0.2) is 25.7 Å². The van der Waals surface area contributed by atoms with Gasteiger partial charge in [0.25, 0.3) is 5.91 Å².